The van der Waals surface area contributed by atoms with E-state index in [-0.39, 0.29) is 13.1 Å². The predicted octanol–water partition coefficient (Wildman–Crippen LogP) is 1.02. The average molecular weight is 226 g/mol. The van der Waals surface area contributed by atoms with Crippen LogP contribution in [0.25, 0.3) is 0 Å². The van der Waals surface area contributed by atoms with E-state index in [9.17, 15) is 18.4 Å². The molecule has 84 valence electrons. The van der Waals surface area contributed by atoms with Gasteiger partial charge in [-0.25, -0.2) is 13.6 Å². The van der Waals surface area contributed by atoms with Crippen LogP contribution in [-0.4, -0.2) is 23.4 Å². The summed E-state index contributed by atoms with van der Waals surface area (Å²) < 4.78 is 25.7. The van der Waals surface area contributed by atoms with Gasteiger partial charge in [0.25, 0.3) is 0 Å². The van der Waals surface area contributed by atoms with Crippen LogP contribution in [0, 0.1) is 11.6 Å². The first-order chi connectivity index (χ1) is 7.54. The molecule has 1 aliphatic heterocycles. The van der Waals surface area contributed by atoms with Gasteiger partial charge in [-0.3, -0.25) is 10.1 Å². The number of hydrogen-bond donors (Lipinski definition) is 1. The van der Waals surface area contributed by atoms with Gasteiger partial charge in [-0.1, -0.05) is 0 Å². The Kier molecular flexibility index (Phi) is 2.55. The lowest BCUT2D eigenvalue weighted by Crippen LogP contribution is -2.27. The maximum atomic E-state index is 12.8. The summed E-state index contributed by atoms with van der Waals surface area (Å²) in [4.78, 5) is 23.2. The summed E-state index contributed by atoms with van der Waals surface area (Å²) >= 11 is 0. The van der Waals surface area contributed by atoms with Crippen molar-refractivity contribution in [2.75, 3.05) is 6.54 Å². The van der Waals surface area contributed by atoms with Crippen LogP contribution < -0.4 is 5.32 Å². The molecule has 0 unspecified atom stereocenters. The molecule has 0 aliphatic carbocycles. The third-order valence-corrected chi connectivity index (χ3v) is 2.16. The van der Waals surface area contributed by atoms with Crippen LogP contribution in [-0.2, 0) is 11.3 Å². The van der Waals surface area contributed by atoms with Gasteiger partial charge in [-0.05, 0) is 17.7 Å². The summed E-state index contributed by atoms with van der Waals surface area (Å²) in [6.07, 6.45) is 0. The monoisotopic (exact) mass is 226 g/mol. The third kappa shape index (κ3) is 2.16. The molecule has 0 atom stereocenters. The normalized spacial score (nSPS) is 15.5. The lowest BCUT2D eigenvalue weighted by atomic mass is 10.2. The van der Waals surface area contributed by atoms with Crippen molar-refractivity contribution in [3.63, 3.8) is 0 Å². The molecule has 4 nitrogen and oxygen atoms in total. The third-order valence-electron chi connectivity index (χ3n) is 2.16. The number of rotatable bonds is 2. The van der Waals surface area contributed by atoms with Gasteiger partial charge < -0.3 is 4.90 Å². The van der Waals surface area contributed by atoms with E-state index in [2.05, 4.69) is 5.32 Å². The molecule has 3 amide bonds. The van der Waals surface area contributed by atoms with Crippen LogP contribution in [0.2, 0.25) is 0 Å². The molecular weight excluding hydrogens is 218 g/mol. The fraction of sp³-hybridized carbons (Fsp3) is 0.200. The molecule has 0 spiro atoms. The van der Waals surface area contributed by atoms with Crippen molar-refractivity contribution >= 4 is 11.9 Å². The highest BCUT2D eigenvalue weighted by atomic mass is 19.1. The number of urea groups is 1. The fourth-order valence-electron chi connectivity index (χ4n) is 1.53. The van der Waals surface area contributed by atoms with Crippen LogP contribution in [0.15, 0.2) is 18.2 Å². The van der Waals surface area contributed by atoms with Gasteiger partial charge in [0.1, 0.15) is 18.2 Å². The smallest absolute Gasteiger partial charge is 0.311 e. The summed E-state index contributed by atoms with van der Waals surface area (Å²) in [5.74, 6) is -1.83. The van der Waals surface area contributed by atoms with Crippen molar-refractivity contribution in [3.8, 4) is 0 Å². The van der Waals surface area contributed by atoms with Crippen LogP contribution in [0.1, 0.15) is 5.56 Å². The minimum Gasteiger partial charge on any atom is -0.311 e. The molecule has 1 heterocycles. The second-order valence-corrected chi connectivity index (χ2v) is 3.49. The minimum absolute atomic E-state index is 0.00620. The van der Waals surface area contributed by atoms with Gasteiger partial charge in [0.15, 0.2) is 0 Å². The number of halogens is 2. The number of carbonyl (C=O) groups is 2. The van der Waals surface area contributed by atoms with Crippen molar-refractivity contribution in [1.82, 2.24) is 10.2 Å². The Bertz CT molecular complexity index is 442. The zero-order valence-electron chi connectivity index (χ0n) is 8.17. The Hall–Kier alpha value is -1.98. The Morgan fingerprint density at radius 2 is 1.81 bits per heavy atom. The van der Waals surface area contributed by atoms with E-state index >= 15 is 0 Å². The maximum Gasteiger partial charge on any atom is 0.324 e. The zero-order valence-corrected chi connectivity index (χ0v) is 8.17. The Morgan fingerprint density at radius 3 is 2.31 bits per heavy atom. The highest BCUT2D eigenvalue weighted by Crippen LogP contribution is 2.12. The van der Waals surface area contributed by atoms with E-state index in [1.807, 2.05) is 0 Å². The summed E-state index contributed by atoms with van der Waals surface area (Å²) in [7, 11) is 0. The molecular formula is C10H8F2N2O2. The summed E-state index contributed by atoms with van der Waals surface area (Å²) in [6.45, 7) is -0.0801. The summed E-state index contributed by atoms with van der Waals surface area (Å²) in [5.41, 5.74) is 0.308. The maximum absolute atomic E-state index is 12.8. The van der Waals surface area contributed by atoms with Crippen molar-refractivity contribution in [1.29, 1.82) is 0 Å². The molecule has 1 aromatic rings. The molecule has 0 aromatic heterocycles. The lowest BCUT2D eigenvalue weighted by molar-refractivity contribution is -0.118. The first kappa shape index (κ1) is 10.5. The standard InChI is InChI=1S/C10H8F2N2O2/c11-7-1-6(2-8(12)3-7)4-14-5-9(15)13-10(14)16/h1-3H,4-5H2,(H,13,15,16). The summed E-state index contributed by atoms with van der Waals surface area (Å²) in [5, 5.41) is 2.08. The molecule has 1 fully saturated rings. The molecule has 16 heavy (non-hydrogen) atoms. The number of hydrogen-bond acceptors (Lipinski definition) is 2. The van der Waals surface area contributed by atoms with E-state index in [0.29, 0.717) is 5.56 Å². The molecule has 0 radical (unpaired) electrons. The molecule has 0 saturated carbocycles. The Balaban J connectivity index is 2.15. The molecule has 6 heteroatoms. The first-order valence-corrected chi connectivity index (χ1v) is 4.58. The van der Waals surface area contributed by atoms with Crippen molar-refractivity contribution < 1.29 is 18.4 Å². The van der Waals surface area contributed by atoms with Crippen LogP contribution in [0.4, 0.5) is 13.6 Å². The lowest BCUT2D eigenvalue weighted by Gasteiger charge is -2.12. The highest BCUT2D eigenvalue weighted by molar-refractivity contribution is 6.01. The average Bonchev–Trinajstić information content (AvgIpc) is 2.43. The number of amides is 3. The Labute approximate surface area is 89.8 Å². The number of carbonyl (C=O) groups excluding carboxylic acids is 2. The molecule has 2 rings (SSSR count). The second-order valence-electron chi connectivity index (χ2n) is 3.49. The van der Waals surface area contributed by atoms with Crippen molar-refractivity contribution in [3.05, 3.63) is 35.4 Å². The highest BCUT2D eigenvalue weighted by Gasteiger charge is 2.26. The van der Waals surface area contributed by atoms with E-state index < -0.39 is 23.6 Å². The van der Waals surface area contributed by atoms with E-state index in [0.717, 1.165) is 18.2 Å². The predicted molar refractivity (Wildman–Crippen MR) is 50.3 cm³/mol. The quantitative estimate of drug-likeness (QED) is 0.765. The number of nitrogens with zero attached hydrogens (tertiary/aromatic N) is 1. The fourth-order valence-corrected chi connectivity index (χ4v) is 1.53. The molecule has 1 aliphatic rings. The van der Waals surface area contributed by atoms with Gasteiger partial charge in [-0.2, -0.15) is 0 Å². The van der Waals surface area contributed by atoms with Gasteiger partial charge >= 0.3 is 6.03 Å². The summed E-state index contributed by atoms with van der Waals surface area (Å²) in [6, 6.07) is 2.45. The van der Waals surface area contributed by atoms with Crippen molar-refractivity contribution in [2.24, 2.45) is 0 Å². The Morgan fingerprint density at radius 1 is 1.19 bits per heavy atom. The molecule has 0 bridgehead atoms. The van der Waals surface area contributed by atoms with Gasteiger partial charge in [-0.15, -0.1) is 0 Å². The molecule has 1 aromatic carbocycles. The largest absolute Gasteiger partial charge is 0.324 e. The van der Waals surface area contributed by atoms with Gasteiger partial charge in [0, 0.05) is 12.6 Å². The van der Waals surface area contributed by atoms with Gasteiger partial charge in [0.2, 0.25) is 5.91 Å². The molecule has 1 saturated heterocycles. The van der Waals surface area contributed by atoms with Crippen LogP contribution in [0.3, 0.4) is 0 Å². The first-order valence-electron chi connectivity index (χ1n) is 4.58. The van der Waals surface area contributed by atoms with Crippen LogP contribution in [0.5, 0.6) is 0 Å². The second kappa shape index (κ2) is 3.88. The minimum atomic E-state index is -0.707. The topological polar surface area (TPSA) is 49.4 Å². The van der Waals surface area contributed by atoms with E-state index in [1.165, 1.54) is 4.90 Å². The zero-order chi connectivity index (χ0) is 11.7. The number of nitrogens with one attached hydrogen (secondary N) is 1. The van der Waals surface area contributed by atoms with Crippen molar-refractivity contribution in [2.45, 2.75) is 6.54 Å². The van der Waals surface area contributed by atoms with Crippen LogP contribution >= 0.6 is 0 Å². The molecule has 1 N–H and O–H groups in total. The number of imide groups is 1. The van der Waals surface area contributed by atoms with Gasteiger partial charge in [0.05, 0.1) is 0 Å². The number of benzene rings is 1. The van der Waals surface area contributed by atoms with E-state index in [1.54, 1.807) is 0 Å². The van der Waals surface area contributed by atoms with E-state index in [4.69, 9.17) is 0 Å². The SMILES string of the molecule is O=C1CN(Cc2cc(F)cc(F)c2)C(=O)N1.